The molecule has 30 heavy (non-hydrogen) atoms. The van der Waals surface area contributed by atoms with Crippen LogP contribution in [-0.4, -0.2) is 31.0 Å². The zero-order valence-corrected chi connectivity index (χ0v) is 18.4. The molecular weight excluding hydrogens is 398 g/mol. The Morgan fingerprint density at radius 3 is 2.40 bits per heavy atom. The van der Waals surface area contributed by atoms with Crippen LogP contribution in [0.5, 0.6) is 5.75 Å². The van der Waals surface area contributed by atoms with E-state index >= 15 is 0 Å². The molecule has 0 unspecified atom stereocenters. The summed E-state index contributed by atoms with van der Waals surface area (Å²) in [5, 5.41) is 2.11. The van der Waals surface area contributed by atoms with Crippen LogP contribution in [0.15, 0.2) is 66.7 Å². The van der Waals surface area contributed by atoms with Gasteiger partial charge in [-0.25, -0.2) is 0 Å². The lowest BCUT2D eigenvalue weighted by Crippen LogP contribution is -2.37. The Morgan fingerprint density at radius 2 is 1.70 bits per heavy atom. The highest BCUT2D eigenvalue weighted by atomic mass is 32.2. The predicted molar refractivity (Wildman–Crippen MR) is 120 cm³/mol. The molecule has 6 heteroatoms. The van der Waals surface area contributed by atoms with Gasteiger partial charge in [0.25, 0.3) is 5.91 Å². The van der Waals surface area contributed by atoms with E-state index in [0.29, 0.717) is 12.1 Å². The second-order valence-corrected chi connectivity index (χ2v) is 9.19. The Hall–Kier alpha value is -2.86. The van der Waals surface area contributed by atoms with Gasteiger partial charge in [0, 0.05) is 18.2 Å². The van der Waals surface area contributed by atoms with Crippen molar-refractivity contribution in [1.29, 1.82) is 0 Å². The number of carbonyl (C=O) groups excluding carboxylic acids is 1. The fourth-order valence-electron chi connectivity index (χ4n) is 3.23. The van der Waals surface area contributed by atoms with Crippen LogP contribution in [0.1, 0.15) is 43.1 Å². The third-order valence-electron chi connectivity index (χ3n) is 5.21. The van der Waals surface area contributed by atoms with Crippen LogP contribution in [0.4, 0.5) is 0 Å². The second-order valence-electron chi connectivity index (χ2n) is 7.33. The van der Waals surface area contributed by atoms with Crippen LogP contribution in [0.25, 0.3) is 10.8 Å². The molecule has 3 aromatic carbocycles. The Labute approximate surface area is 178 Å². The van der Waals surface area contributed by atoms with E-state index in [1.807, 2.05) is 67.3 Å². The van der Waals surface area contributed by atoms with Gasteiger partial charge in [0.15, 0.2) is 0 Å². The van der Waals surface area contributed by atoms with Gasteiger partial charge in [-0.15, -0.1) is 0 Å². The molecule has 0 aliphatic rings. The Bertz CT molecular complexity index is 1140. The van der Waals surface area contributed by atoms with Crippen molar-refractivity contribution >= 4 is 26.8 Å². The van der Waals surface area contributed by atoms with Crippen molar-refractivity contribution in [1.82, 2.24) is 4.90 Å². The molecule has 0 bridgehead atoms. The third kappa shape index (κ3) is 5.19. The Kier molecular flexibility index (Phi) is 6.77. The van der Waals surface area contributed by atoms with E-state index in [1.165, 1.54) is 6.92 Å². The van der Waals surface area contributed by atoms with Crippen LogP contribution in [0, 0.1) is 0 Å². The largest absolute Gasteiger partial charge is 0.382 e. The van der Waals surface area contributed by atoms with Crippen LogP contribution in [0.3, 0.4) is 0 Å². The second kappa shape index (κ2) is 9.30. The molecule has 3 rings (SSSR count). The zero-order valence-electron chi connectivity index (χ0n) is 17.5. The topological polar surface area (TPSA) is 63.7 Å². The molecule has 5 nitrogen and oxygen atoms in total. The van der Waals surface area contributed by atoms with E-state index in [1.54, 1.807) is 18.2 Å². The normalized spacial score (nSPS) is 12.5. The Balaban J connectivity index is 1.88. The average molecular weight is 426 g/mol. The summed E-state index contributed by atoms with van der Waals surface area (Å²) < 4.78 is 28.7. The van der Waals surface area contributed by atoms with Crippen LogP contribution >= 0.6 is 0 Å². The van der Waals surface area contributed by atoms with Crippen molar-refractivity contribution in [2.45, 2.75) is 39.8 Å². The smallest absolute Gasteiger partial charge is 0.308 e. The van der Waals surface area contributed by atoms with Crippen molar-refractivity contribution in [3.8, 4) is 5.75 Å². The fourth-order valence-corrected chi connectivity index (χ4v) is 3.75. The number of nitrogens with zero attached hydrogens (tertiary/aromatic N) is 1. The third-order valence-corrected chi connectivity index (χ3v) is 6.36. The highest BCUT2D eigenvalue weighted by molar-refractivity contribution is 7.87. The average Bonchev–Trinajstić information content (AvgIpc) is 2.76. The highest BCUT2D eigenvalue weighted by Crippen LogP contribution is 2.22. The lowest BCUT2D eigenvalue weighted by atomic mass is 10.0. The highest BCUT2D eigenvalue weighted by Gasteiger charge is 2.21. The summed E-state index contributed by atoms with van der Waals surface area (Å²) in [6.45, 7) is 5.95. The van der Waals surface area contributed by atoms with E-state index in [4.69, 9.17) is 4.18 Å². The minimum atomic E-state index is -3.60. The van der Waals surface area contributed by atoms with Crippen molar-refractivity contribution in [2.24, 2.45) is 0 Å². The van der Waals surface area contributed by atoms with E-state index in [9.17, 15) is 13.2 Å². The molecule has 3 aromatic rings. The van der Waals surface area contributed by atoms with E-state index < -0.39 is 10.1 Å². The molecule has 0 saturated heterocycles. The van der Waals surface area contributed by atoms with Gasteiger partial charge in [0.2, 0.25) is 0 Å². The molecule has 0 radical (unpaired) electrons. The van der Waals surface area contributed by atoms with Gasteiger partial charge in [-0.3, -0.25) is 4.79 Å². The summed E-state index contributed by atoms with van der Waals surface area (Å²) in [4.78, 5) is 15.2. The summed E-state index contributed by atoms with van der Waals surface area (Å²) in [6.07, 6.45) is 0.805. The van der Waals surface area contributed by atoms with Gasteiger partial charge < -0.3 is 9.08 Å². The minimum Gasteiger partial charge on any atom is -0.382 e. The van der Waals surface area contributed by atoms with Gasteiger partial charge in [0.05, 0.1) is 5.75 Å². The summed E-state index contributed by atoms with van der Waals surface area (Å²) >= 11 is 0. The molecule has 1 atom stereocenters. The first-order valence-electron chi connectivity index (χ1n) is 10.1. The summed E-state index contributed by atoms with van der Waals surface area (Å²) in [5.41, 5.74) is 1.45. The van der Waals surface area contributed by atoms with Crippen molar-refractivity contribution in [3.05, 3.63) is 77.9 Å². The van der Waals surface area contributed by atoms with Crippen LogP contribution in [-0.2, 0) is 16.7 Å². The van der Waals surface area contributed by atoms with Crippen molar-refractivity contribution in [2.75, 3.05) is 5.75 Å². The molecule has 0 N–H and O–H groups in total. The number of hydrogen-bond acceptors (Lipinski definition) is 4. The zero-order chi connectivity index (χ0) is 21.7. The molecule has 0 saturated carbocycles. The van der Waals surface area contributed by atoms with Crippen molar-refractivity contribution < 1.29 is 17.4 Å². The summed E-state index contributed by atoms with van der Waals surface area (Å²) in [6, 6.07) is 20.6. The maximum absolute atomic E-state index is 13.4. The quantitative estimate of drug-likeness (QED) is 0.476. The monoisotopic (exact) mass is 425 g/mol. The maximum atomic E-state index is 13.4. The van der Waals surface area contributed by atoms with E-state index in [2.05, 4.69) is 0 Å². The number of carbonyl (C=O) groups is 1. The van der Waals surface area contributed by atoms with Gasteiger partial charge >= 0.3 is 10.1 Å². The van der Waals surface area contributed by atoms with Crippen LogP contribution < -0.4 is 4.18 Å². The molecular formula is C24H27NO4S. The van der Waals surface area contributed by atoms with Gasteiger partial charge in [-0.1, -0.05) is 49.4 Å². The van der Waals surface area contributed by atoms with E-state index in [0.717, 1.165) is 22.8 Å². The number of hydrogen-bond donors (Lipinski definition) is 0. The molecule has 158 valence electrons. The number of amides is 1. The maximum Gasteiger partial charge on any atom is 0.308 e. The van der Waals surface area contributed by atoms with Crippen LogP contribution in [0.2, 0.25) is 0 Å². The molecule has 0 spiro atoms. The van der Waals surface area contributed by atoms with Crippen molar-refractivity contribution in [3.63, 3.8) is 0 Å². The first-order chi connectivity index (χ1) is 14.3. The SMILES string of the molecule is CC[C@@H](C)N(Cc1cccc(OS(=O)(=O)CC)c1)C(=O)c1ccc2ccccc2c1. The lowest BCUT2D eigenvalue weighted by Gasteiger charge is -2.29. The minimum absolute atomic E-state index is 0.0212. The number of rotatable bonds is 8. The molecule has 0 aromatic heterocycles. The first kappa shape index (κ1) is 21.8. The number of fused-ring (bicyclic) bond motifs is 1. The Morgan fingerprint density at radius 1 is 0.967 bits per heavy atom. The fraction of sp³-hybridized carbons (Fsp3) is 0.292. The molecule has 0 heterocycles. The molecule has 1 amide bonds. The lowest BCUT2D eigenvalue weighted by molar-refractivity contribution is 0.0671. The van der Waals surface area contributed by atoms with Gasteiger partial charge in [0.1, 0.15) is 5.75 Å². The molecule has 0 aliphatic carbocycles. The van der Waals surface area contributed by atoms with E-state index in [-0.39, 0.29) is 23.5 Å². The standard InChI is InChI=1S/C24H27NO4S/c1-4-18(3)25(17-19-9-8-12-23(15-19)29-30(27,28)5-2)24(26)22-14-13-20-10-6-7-11-21(20)16-22/h6-16,18H,4-5,17H2,1-3H3/t18-/m1/s1. The predicted octanol–water partition coefficient (Wildman–Crippen LogP) is 5.01. The first-order valence-corrected chi connectivity index (χ1v) is 11.7. The van der Waals surface area contributed by atoms with Gasteiger partial charge in [-0.05, 0) is 60.9 Å². The summed E-state index contributed by atoms with van der Waals surface area (Å²) in [7, 11) is -3.60. The molecule has 0 fully saturated rings. The molecule has 0 aliphatic heterocycles. The summed E-state index contributed by atoms with van der Waals surface area (Å²) in [5.74, 6) is 0.107. The number of benzene rings is 3. The van der Waals surface area contributed by atoms with Gasteiger partial charge in [-0.2, -0.15) is 8.42 Å².